The standard InChI is InChI=1S/C23H26N6O2/c1-3-4-5-8-13-29-18-10-7-6-9-17(18)21-22(29)25-23(28-26-21)27-24-15-16-11-12-19(30)20(14-16)31-2/h6-7,9-12,14-15,30H,3-5,8,13H2,1-2H3,(H,25,27,28)/b24-15+. The lowest BCUT2D eigenvalue weighted by molar-refractivity contribution is 0.373. The molecule has 0 unspecified atom stereocenters. The van der Waals surface area contributed by atoms with Gasteiger partial charge in [0.2, 0.25) is 0 Å². The van der Waals surface area contributed by atoms with Gasteiger partial charge in [-0.05, 0) is 36.2 Å². The molecule has 0 amide bonds. The summed E-state index contributed by atoms with van der Waals surface area (Å²) in [6.45, 7) is 3.10. The SMILES string of the molecule is CCCCCCn1c2ccccc2c2nnc(N/N=C/c3ccc(O)c(OC)c3)nc21. The third-order valence-electron chi connectivity index (χ3n) is 5.19. The number of phenols is 1. The van der Waals surface area contributed by atoms with Crippen molar-refractivity contribution in [2.75, 3.05) is 12.5 Å². The van der Waals surface area contributed by atoms with Crippen LogP contribution in [-0.4, -0.2) is 38.2 Å². The highest BCUT2D eigenvalue weighted by Crippen LogP contribution is 2.27. The van der Waals surface area contributed by atoms with Crippen LogP contribution in [0.15, 0.2) is 47.6 Å². The van der Waals surface area contributed by atoms with Crippen molar-refractivity contribution in [3.63, 3.8) is 0 Å². The molecule has 0 fully saturated rings. The molecule has 2 heterocycles. The fourth-order valence-corrected chi connectivity index (χ4v) is 3.61. The van der Waals surface area contributed by atoms with Crippen LogP contribution in [0.1, 0.15) is 38.2 Å². The minimum Gasteiger partial charge on any atom is -0.504 e. The Bertz CT molecular complexity index is 1220. The summed E-state index contributed by atoms with van der Waals surface area (Å²) >= 11 is 0. The number of hydrogen-bond acceptors (Lipinski definition) is 7. The molecular weight excluding hydrogens is 392 g/mol. The number of ether oxygens (including phenoxy) is 1. The lowest BCUT2D eigenvalue weighted by Crippen LogP contribution is -2.03. The lowest BCUT2D eigenvalue weighted by atomic mass is 10.2. The average Bonchev–Trinajstić information content (AvgIpc) is 3.11. The predicted molar refractivity (Wildman–Crippen MR) is 123 cm³/mol. The maximum atomic E-state index is 9.70. The van der Waals surface area contributed by atoms with Gasteiger partial charge in [-0.2, -0.15) is 10.1 Å². The Morgan fingerprint density at radius 3 is 2.84 bits per heavy atom. The molecule has 160 valence electrons. The maximum Gasteiger partial charge on any atom is 0.265 e. The van der Waals surface area contributed by atoms with Crippen molar-refractivity contribution in [3.8, 4) is 11.5 Å². The molecule has 0 aliphatic heterocycles. The van der Waals surface area contributed by atoms with E-state index in [0.29, 0.717) is 11.7 Å². The Hall–Kier alpha value is -3.68. The summed E-state index contributed by atoms with van der Waals surface area (Å²) in [7, 11) is 1.50. The summed E-state index contributed by atoms with van der Waals surface area (Å²) in [5, 5.41) is 23.6. The van der Waals surface area contributed by atoms with E-state index in [1.165, 1.54) is 26.4 Å². The van der Waals surface area contributed by atoms with Gasteiger partial charge in [-0.15, -0.1) is 10.2 Å². The normalized spacial score (nSPS) is 11.5. The number of aromatic nitrogens is 4. The van der Waals surface area contributed by atoms with E-state index in [-0.39, 0.29) is 5.75 Å². The minimum absolute atomic E-state index is 0.0809. The second-order valence-electron chi connectivity index (χ2n) is 7.34. The molecule has 0 bridgehead atoms. The van der Waals surface area contributed by atoms with Crippen LogP contribution in [0.3, 0.4) is 0 Å². The Kier molecular flexibility index (Phi) is 6.26. The van der Waals surface area contributed by atoms with E-state index in [2.05, 4.69) is 44.3 Å². The summed E-state index contributed by atoms with van der Waals surface area (Å²) in [4.78, 5) is 4.69. The number of methoxy groups -OCH3 is 1. The van der Waals surface area contributed by atoms with Gasteiger partial charge in [0.15, 0.2) is 17.1 Å². The third kappa shape index (κ3) is 4.42. The summed E-state index contributed by atoms with van der Waals surface area (Å²) in [6, 6.07) is 13.2. The molecule has 0 saturated heterocycles. The smallest absolute Gasteiger partial charge is 0.265 e. The molecule has 2 N–H and O–H groups in total. The van der Waals surface area contributed by atoms with Crippen molar-refractivity contribution in [2.24, 2.45) is 5.10 Å². The fourth-order valence-electron chi connectivity index (χ4n) is 3.61. The van der Waals surface area contributed by atoms with Gasteiger partial charge in [0.05, 0.1) is 18.8 Å². The van der Waals surface area contributed by atoms with Crippen molar-refractivity contribution in [1.29, 1.82) is 0 Å². The molecule has 2 aromatic heterocycles. The summed E-state index contributed by atoms with van der Waals surface area (Å²) in [5.41, 5.74) is 6.33. The fraction of sp³-hybridized carbons (Fsp3) is 0.304. The van der Waals surface area contributed by atoms with Gasteiger partial charge >= 0.3 is 0 Å². The zero-order valence-corrected chi connectivity index (χ0v) is 17.7. The highest BCUT2D eigenvalue weighted by Gasteiger charge is 2.14. The number of phenolic OH excluding ortho intramolecular Hbond substituents is 1. The van der Waals surface area contributed by atoms with Crippen LogP contribution in [0.2, 0.25) is 0 Å². The predicted octanol–water partition coefficient (Wildman–Crippen LogP) is 4.72. The van der Waals surface area contributed by atoms with Crippen molar-refractivity contribution in [3.05, 3.63) is 48.0 Å². The van der Waals surface area contributed by atoms with Gasteiger partial charge in [-0.1, -0.05) is 44.4 Å². The monoisotopic (exact) mass is 418 g/mol. The molecule has 0 saturated carbocycles. The van der Waals surface area contributed by atoms with Crippen LogP contribution in [0.5, 0.6) is 11.5 Å². The number of hydrazone groups is 1. The van der Waals surface area contributed by atoms with Crippen molar-refractivity contribution in [1.82, 2.24) is 19.7 Å². The Morgan fingerprint density at radius 1 is 1.13 bits per heavy atom. The number of benzene rings is 2. The molecule has 8 nitrogen and oxygen atoms in total. The Labute approximate surface area is 180 Å². The molecule has 0 radical (unpaired) electrons. The van der Waals surface area contributed by atoms with Crippen molar-refractivity contribution >= 4 is 34.2 Å². The zero-order chi connectivity index (χ0) is 21.6. The van der Waals surface area contributed by atoms with Gasteiger partial charge in [0, 0.05) is 11.9 Å². The molecule has 0 spiro atoms. The summed E-state index contributed by atoms with van der Waals surface area (Å²) < 4.78 is 7.34. The van der Waals surface area contributed by atoms with E-state index in [0.717, 1.165) is 40.6 Å². The number of aromatic hydroxyl groups is 1. The lowest BCUT2D eigenvalue weighted by Gasteiger charge is -2.06. The highest BCUT2D eigenvalue weighted by molar-refractivity contribution is 6.04. The number of unbranched alkanes of at least 4 members (excludes halogenated alkanes) is 3. The highest BCUT2D eigenvalue weighted by atomic mass is 16.5. The number of rotatable bonds is 9. The number of fused-ring (bicyclic) bond motifs is 3. The van der Waals surface area contributed by atoms with E-state index in [9.17, 15) is 5.11 Å². The summed E-state index contributed by atoms with van der Waals surface area (Å²) in [5.74, 6) is 0.792. The van der Waals surface area contributed by atoms with Crippen LogP contribution in [0, 0.1) is 0 Å². The number of nitrogens with zero attached hydrogens (tertiary/aromatic N) is 5. The minimum atomic E-state index is 0.0809. The first-order valence-corrected chi connectivity index (χ1v) is 10.5. The zero-order valence-electron chi connectivity index (χ0n) is 17.7. The van der Waals surface area contributed by atoms with E-state index in [4.69, 9.17) is 9.72 Å². The topological polar surface area (TPSA) is 97.5 Å². The quantitative estimate of drug-likeness (QED) is 0.232. The van der Waals surface area contributed by atoms with Crippen LogP contribution in [0.25, 0.3) is 22.1 Å². The first kappa shape index (κ1) is 20.6. The molecular formula is C23H26N6O2. The van der Waals surface area contributed by atoms with E-state index in [1.54, 1.807) is 24.4 Å². The van der Waals surface area contributed by atoms with Gasteiger partial charge in [0.25, 0.3) is 5.95 Å². The molecule has 0 atom stereocenters. The third-order valence-corrected chi connectivity index (χ3v) is 5.19. The molecule has 2 aromatic carbocycles. The second-order valence-corrected chi connectivity index (χ2v) is 7.34. The van der Waals surface area contributed by atoms with E-state index >= 15 is 0 Å². The first-order valence-electron chi connectivity index (χ1n) is 10.5. The first-order chi connectivity index (χ1) is 15.2. The number of nitrogens with one attached hydrogen (secondary N) is 1. The van der Waals surface area contributed by atoms with Crippen molar-refractivity contribution < 1.29 is 9.84 Å². The van der Waals surface area contributed by atoms with Crippen LogP contribution >= 0.6 is 0 Å². The van der Waals surface area contributed by atoms with Gasteiger partial charge in [-0.25, -0.2) is 5.43 Å². The summed E-state index contributed by atoms with van der Waals surface area (Å²) in [6.07, 6.45) is 6.32. The van der Waals surface area contributed by atoms with Gasteiger partial charge < -0.3 is 14.4 Å². The number of para-hydroxylation sites is 1. The maximum absolute atomic E-state index is 9.70. The molecule has 0 aliphatic rings. The van der Waals surface area contributed by atoms with Crippen LogP contribution in [-0.2, 0) is 6.54 Å². The van der Waals surface area contributed by atoms with Gasteiger partial charge in [0.1, 0.15) is 5.52 Å². The molecule has 4 rings (SSSR count). The van der Waals surface area contributed by atoms with Crippen LogP contribution in [0.4, 0.5) is 5.95 Å². The molecule has 8 heteroatoms. The Balaban J connectivity index is 1.60. The second kappa shape index (κ2) is 9.42. The van der Waals surface area contributed by atoms with Gasteiger partial charge in [-0.3, -0.25) is 0 Å². The molecule has 4 aromatic rings. The average molecular weight is 419 g/mol. The largest absolute Gasteiger partial charge is 0.504 e. The van der Waals surface area contributed by atoms with Crippen molar-refractivity contribution in [2.45, 2.75) is 39.2 Å². The molecule has 31 heavy (non-hydrogen) atoms. The number of aryl methyl sites for hydroxylation is 1. The Morgan fingerprint density at radius 2 is 2.00 bits per heavy atom. The van der Waals surface area contributed by atoms with E-state index < -0.39 is 0 Å². The number of hydrogen-bond donors (Lipinski definition) is 2. The van der Waals surface area contributed by atoms with E-state index in [1.807, 2.05) is 12.1 Å². The molecule has 0 aliphatic carbocycles. The number of anilines is 1. The van der Waals surface area contributed by atoms with Crippen LogP contribution < -0.4 is 10.2 Å².